The van der Waals surface area contributed by atoms with Gasteiger partial charge in [0.1, 0.15) is 0 Å². The Morgan fingerprint density at radius 1 is 0.476 bits per heavy atom. The van der Waals surface area contributed by atoms with E-state index in [1.54, 1.807) is 0 Å². The number of fused-ring (bicyclic) bond motifs is 2. The van der Waals surface area contributed by atoms with Crippen LogP contribution in [0.2, 0.25) is 0 Å². The van der Waals surface area contributed by atoms with Gasteiger partial charge in [0.2, 0.25) is 0 Å². The van der Waals surface area contributed by atoms with Crippen LogP contribution in [0.4, 0.5) is 0 Å². The molecule has 0 saturated heterocycles. The Hall–Kier alpha value is -2.08. The fraction of sp³-hybridized carbons (Fsp3) is 0. The van der Waals surface area contributed by atoms with Gasteiger partial charge >= 0.3 is 130 Å². The molecule has 5 rings (SSSR count). The molecule has 1 radical (unpaired) electrons. The van der Waals surface area contributed by atoms with Crippen molar-refractivity contribution in [1.29, 1.82) is 0 Å². The Morgan fingerprint density at radius 2 is 1.05 bits per heavy atom. The van der Waals surface area contributed by atoms with Crippen LogP contribution in [-0.4, -0.2) is 16.0 Å². The number of hydrogen-bond acceptors (Lipinski definition) is 0. The van der Waals surface area contributed by atoms with Crippen LogP contribution in [0, 0.1) is 0 Å². The Morgan fingerprint density at radius 3 is 1.76 bits per heavy atom. The molecule has 0 aliphatic carbocycles. The van der Waals surface area contributed by atoms with E-state index in [1.807, 2.05) is 0 Å². The van der Waals surface area contributed by atoms with Crippen molar-refractivity contribution < 1.29 is 0 Å². The van der Waals surface area contributed by atoms with Crippen LogP contribution in [0.25, 0.3) is 43.1 Å². The van der Waals surface area contributed by atoms with Crippen molar-refractivity contribution in [2.45, 2.75) is 0 Å². The fourth-order valence-corrected chi connectivity index (χ4v) is 4.21. The van der Waals surface area contributed by atoms with Gasteiger partial charge < -0.3 is 0 Å². The molecule has 0 aliphatic rings. The molecule has 0 bridgehead atoms. The summed E-state index contributed by atoms with van der Waals surface area (Å²) < 4.78 is 1.23. The molecule has 21 heavy (non-hydrogen) atoms. The molecule has 0 saturated carbocycles. The van der Waals surface area contributed by atoms with Crippen molar-refractivity contribution in [3.63, 3.8) is 0 Å². The van der Waals surface area contributed by atoms with Gasteiger partial charge in [0.05, 0.1) is 0 Å². The molecule has 0 amide bonds. The third-order valence-electron chi connectivity index (χ3n) is 4.47. The molecule has 0 heterocycles. The summed E-state index contributed by atoms with van der Waals surface area (Å²) in [5.41, 5.74) is 0. The van der Waals surface area contributed by atoms with Crippen molar-refractivity contribution in [2.24, 2.45) is 0 Å². The van der Waals surface area contributed by atoms with Crippen LogP contribution in [0.1, 0.15) is 0 Å². The van der Waals surface area contributed by atoms with E-state index in [0.29, 0.717) is 0 Å². The van der Waals surface area contributed by atoms with Gasteiger partial charge in [0, 0.05) is 0 Å². The van der Waals surface area contributed by atoms with Gasteiger partial charge in [-0.2, -0.15) is 0 Å². The SMILES string of the molecule is [Se]c1ccc2cccc3c4cccc5cccc(c1c23)c54. The Balaban J connectivity index is 2.32. The molecule has 5 aromatic carbocycles. The van der Waals surface area contributed by atoms with Gasteiger partial charge in [-0.3, -0.25) is 0 Å². The summed E-state index contributed by atoms with van der Waals surface area (Å²) in [7, 11) is 0. The van der Waals surface area contributed by atoms with Crippen LogP contribution in [0.15, 0.2) is 66.7 Å². The number of rotatable bonds is 0. The van der Waals surface area contributed by atoms with Crippen LogP contribution in [0.3, 0.4) is 0 Å². The van der Waals surface area contributed by atoms with Gasteiger partial charge in [-0.1, -0.05) is 0 Å². The van der Waals surface area contributed by atoms with Gasteiger partial charge in [0.25, 0.3) is 0 Å². The first kappa shape index (κ1) is 11.6. The molecule has 0 spiro atoms. The number of hydrogen-bond donors (Lipinski definition) is 0. The maximum absolute atomic E-state index is 3.25. The van der Waals surface area contributed by atoms with Crippen molar-refractivity contribution in [3.8, 4) is 0 Å². The predicted molar refractivity (Wildman–Crippen MR) is 93.0 cm³/mol. The van der Waals surface area contributed by atoms with Crippen LogP contribution in [-0.2, 0) is 0 Å². The summed E-state index contributed by atoms with van der Waals surface area (Å²) in [5, 5.41) is 10.8. The fourth-order valence-electron chi connectivity index (χ4n) is 3.63. The minimum atomic E-state index is 1.23. The van der Waals surface area contributed by atoms with E-state index >= 15 is 0 Å². The van der Waals surface area contributed by atoms with Crippen molar-refractivity contribution >= 4 is 63.6 Å². The van der Waals surface area contributed by atoms with Crippen LogP contribution >= 0.6 is 0 Å². The van der Waals surface area contributed by atoms with Crippen molar-refractivity contribution in [1.82, 2.24) is 0 Å². The average Bonchev–Trinajstić information content (AvgIpc) is 2.53. The first-order valence-corrected chi connectivity index (χ1v) is 7.95. The number of benzene rings is 5. The normalized spacial score (nSPS) is 12.0. The van der Waals surface area contributed by atoms with Gasteiger partial charge in [-0.15, -0.1) is 0 Å². The monoisotopic (exact) mass is 331 g/mol. The molecule has 0 aromatic heterocycles. The maximum atomic E-state index is 3.25. The molecule has 0 atom stereocenters. The second kappa shape index (κ2) is 3.98. The second-order valence-corrected chi connectivity index (χ2v) is 6.47. The molecule has 1 heteroatoms. The summed E-state index contributed by atoms with van der Waals surface area (Å²) in [6.45, 7) is 0. The van der Waals surface area contributed by atoms with E-state index in [9.17, 15) is 0 Å². The molecule has 5 aromatic rings. The molecule has 0 N–H and O–H groups in total. The van der Waals surface area contributed by atoms with Crippen LogP contribution < -0.4 is 4.46 Å². The van der Waals surface area contributed by atoms with Crippen molar-refractivity contribution in [2.75, 3.05) is 0 Å². The van der Waals surface area contributed by atoms with E-state index in [0.717, 1.165) is 0 Å². The molecule has 0 nitrogen and oxygen atoms in total. The molecule has 0 aliphatic heterocycles. The van der Waals surface area contributed by atoms with E-state index < -0.39 is 0 Å². The Kier molecular flexibility index (Phi) is 2.19. The van der Waals surface area contributed by atoms with E-state index in [-0.39, 0.29) is 0 Å². The topological polar surface area (TPSA) is 0 Å². The first-order valence-electron chi connectivity index (χ1n) is 7.10. The van der Waals surface area contributed by atoms with E-state index in [4.69, 9.17) is 0 Å². The second-order valence-electron chi connectivity index (χ2n) is 5.55. The molecular weight excluding hydrogens is 319 g/mol. The zero-order chi connectivity index (χ0) is 14.0. The Bertz CT molecular complexity index is 1130. The van der Waals surface area contributed by atoms with Gasteiger partial charge in [-0.05, 0) is 0 Å². The molecule has 0 unspecified atom stereocenters. The quantitative estimate of drug-likeness (QED) is 0.222. The molecular formula is C20H11Se. The van der Waals surface area contributed by atoms with E-state index in [2.05, 4.69) is 82.7 Å². The zero-order valence-corrected chi connectivity index (χ0v) is 13.0. The molecule has 0 fully saturated rings. The summed E-state index contributed by atoms with van der Waals surface area (Å²) in [5.74, 6) is 0. The van der Waals surface area contributed by atoms with Gasteiger partial charge in [-0.25, -0.2) is 0 Å². The van der Waals surface area contributed by atoms with Crippen molar-refractivity contribution in [3.05, 3.63) is 66.7 Å². The van der Waals surface area contributed by atoms with Gasteiger partial charge in [0.15, 0.2) is 0 Å². The average molecular weight is 330 g/mol. The summed E-state index contributed by atoms with van der Waals surface area (Å²) in [6.07, 6.45) is 0. The summed E-state index contributed by atoms with van der Waals surface area (Å²) >= 11 is 3.25. The zero-order valence-electron chi connectivity index (χ0n) is 11.3. The molecule has 97 valence electrons. The summed E-state index contributed by atoms with van der Waals surface area (Å²) in [4.78, 5) is 0. The third kappa shape index (κ3) is 1.40. The third-order valence-corrected chi connectivity index (χ3v) is 5.19. The minimum absolute atomic E-state index is 1.23. The first-order chi connectivity index (χ1) is 10.3. The van der Waals surface area contributed by atoms with Crippen LogP contribution in [0.5, 0.6) is 0 Å². The standard InChI is InChI=1S/C20H11Se/c21-17-11-10-13-6-2-8-15-14-7-1-4-12-5-3-9-16(18(12)14)20(17)19(13)15/h1-11H. The van der Waals surface area contributed by atoms with E-state index in [1.165, 1.54) is 47.6 Å². The predicted octanol–water partition coefficient (Wildman–Crippen LogP) is 4.53. The summed E-state index contributed by atoms with van der Waals surface area (Å²) in [6, 6.07) is 24.2. The Labute approximate surface area is 130 Å².